The average Bonchev–Trinajstić information content (AvgIpc) is 2.53. The molecule has 3 aliphatic heterocycles. The number of carbonyl (C=O) groups excluding carboxylic acids is 1. The normalized spacial score (nSPS) is 28.4. The van der Waals surface area contributed by atoms with Gasteiger partial charge in [0.2, 0.25) is 0 Å². The van der Waals surface area contributed by atoms with Crippen molar-refractivity contribution in [2.75, 3.05) is 45.5 Å². The number of fused-ring (bicyclic) bond motifs is 3. The number of nitrogens with zero attached hydrogens (tertiary/aromatic N) is 2. The molecule has 3 aliphatic rings. The highest BCUT2D eigenvalue weighted by Gasteiger charge is 2.31. The van der Waals surface area contributed by atoms with Crippen LogP contribution in [0.5, 0.6) is 0 Å². The van der Waals surface area contributed by atoms with E-state index in [2.05, 4.69) is 15.1 Å². The van der Waals surface area contributed by atoms with Crippen molar-refractivity contribution in [3.05, 3.63) is 29.8 Å². The maximum absolute atomic E-state index is 12.3. The monoisotopic (exact) mass is 291 g/mol. The van der Waals surface area contributed by atoms with Crippen LogP contribution in [0.1, 0.15) is 10.4 Å². The van der Waals surface area contributed by atoms with Gasteiger partial charge in [-0.3, -0.25) is 14.6 Å². The Labute approximate surface area is 124 Å². The quantitative estimate of drug-likeness (QED) is 0.844. The molecule has 1 aromatic carbocycles. The van der Waals surface area contributed by atoms with E-state index >= 15 is 0 Å². The van der Waals surface area contributed by atoms with Crippen LogP contribution in [0.2, 0.25) is 0 Å². The molecule has 0 saturated carbocycles. The molecule has 0 radical (unpaired) electrons. The second kappa shape index (κ2) is 6.16. The highest BCUT2D eigenvalue weighted by atomic mass is 32.2. The summed E-state index contributed by atoms with van der Waals surface area (Å²) in [5.41, 5.74) is 0.788. The summed E-state index contributed by atoms with van der Waals surface area (Å²) in [5, 5.41) is 3.11. The van der Waals surface area contributed by atoms with Crippen LogP contribution in [0, 0.1) is 0 Å². The largest absolute Gasteiger partial charge is 0.350 e. The lowest BCUT2D eigenvalue weighted by Gasteiger charge is -2.47. The van der Waals surface area contributed by atoms with E-state index < -0.39 is 0 Å². The minimum Gasteiger partial charge on any atom is -0.350 e. The minimum absolute atomic E-state index is 0.0487. The van der Waals surface area contributed by atoms with Crippen LogP contribution in [0.15, 0.2) is 29.2 Å². The highest BCUT2D eigenvalue weighted by molar-refractivity contribution is 7.98. The van der Waals surface area contributed by atoms with Crippen LogP contribution in [-0.4, -0.2) is 67.3 Å². The van der Waals surface area contributed by atoms with Crippen molar-refractivity contribution in [2.45, 2.75) is 10.9 Å². The predicted octanol–water partition coefficient (Wildman–Crippen LogP) is 1.14. The number of carbonyl (C=O) groups is 1. The Balaban J connectivity index is 1.59. The summed E-state index contributed by atoms with van der Waals surface area (Å²) in [6, 6.07) is 8.27. The number of nitrogens with one attached hydrogen (secondary N) is 1. The zero-order valence-corrected chi connectivity index (χ0v) is 12.7. The first-order valence-electron chi connectivity index (χ1n) is 7.15. The molecular weight excluding hydrogens is 270 g/mol. The first kappa shape index (κ1) is 13.9. The van der Waals surface area contributed by atoms with Crippen LogP contribution in [-0.2, 0) is 0 Å². The summed E-state index contributed by atoms with van der Waals surface area (Å²) in [5.74, 6) is 0.0487. The van der Waals surface area contributed by atoms with Gasteiger partial charge in [-0.1, -0.05) is 12.1 Å². The molecule has 1 aromatic rings. The lowest BCUT2D eigenvalue weighted by Crippen LogP contribution is -2.63. The van der Waals surface area contributed by atoms with Gasteiger partial charge in [0.05, 0.1) is 5.56 Å². The van der Waals surface area contributed by atoms with E-state index in [1.54, 1.807) is 11.8 Å². The SMILES string of the molecule is CSc1ccccc1C(=O)NCC1CN2CCN1CC2. The van der Waals surface area contributed by atoms with E-state index in [0.717, 1.165) is 36.6 Å². The molecular formula is C15H21N3OS. The van der Waals surface area contributed by atoms with Crippen LogP contribution in [0.4, 0.5) is 0 Å². The fraction of sp³-hybridized carbons (Fsp3) is 0.533. The predicted molar refractivity (Wildman–Crippen MR) is 82.4 cm³/mol. The van der Waals surface area contributed by atoms with Gasteiger partial charge in [-0.15, -0.1) is 11.8 Å². The maximum Gasteiger partial charge on any atom is 0.252 e. The van der Waals surface area contributed by atoms with Crippen molar-refractivity contribution in [1.82, 2.24) is 15.1 Å². The Morgan fingerprint density at radius 1 is 1.30 bits per heavy atom. The lowest BCUT2D eigenvalue weighted by atomic mass is 10.1. The van der Waals surface area contributed by atoms with Crippen molar-refractivity contribution in [3.63, 3.8) is 0 Å². The molecule has 0 aliphatic carbocycles. The zero-order valence-electron chi connectivity index (χ0n) is 11.8. The molecule has 2 bridgehead atoms. The summed E-state index contributed by atoms with van der Waals surface area (Å²) in [6.07, 6.45) is 2.01. The van der Waals surface area contributed by atoms with Crippen LogP contribution < -0.4 is 5.32 Å². The number of hydrogen-bond acceptors (Lipinski definition) is 4. The van der Waals surface area contributed by atoms with E-state index in [-0.39, 0.29) is 5.91 Å². The summed E-state index contributed by atoms with van der Waals surface area (Å²) < 4.78 is 0. The number of hydrogen-bond donors (Lipinski definition) is 1. The molecule has 3 saturated heterocycles. The van der Waals surface area contributed by atoms with Crippen molar-refractivity contribution in [3.8, 4) is 0 Å². The minimum atomic E-state index is 0.0487. The maximum atomic E-state index is 12.3. The summed E-state index contributed by atoms with van der Waals surface area (Å²) >= 11 is 1.62. The summed E-state index contributed by atoms with van der Waals surface area (Å²) in [7, 11) is 0. The van der Waals surface area contributed by atoms with Gasteiger partial charge in [-0.2, -0.15) is 0 Å². The molecule has 5 heteroatoms. The molecule has 1 atom stereocenters. The van der Waals surface area contributed by atoms with E-state index in [1.165, 1.54) is 13.1 Å². The Morgan fingerprint density at radius 3 is 2.70 bits per heavy atom. The van der Waals surface area contributed by atoms with Gasteiger partial charge in [0, 0.05) is 50.2 Å². The third kappa shape index (κ3) is 2.85. The van der Waals surface area contributed by atoms with Gasteiger partial charge in [0.15, 0.2) is 0 Å². The molecule has 3 heterocycles. The Bertz CT molecular complexity index is 486. The second-order valence-electron chi connectivity index (χ2n) is 5.40. The Kier molecular flexibility index (Phi) is 4.29. The second-order valence-corrected chi connectivity index (χ2v) is 6.25. The third-order valence-electron chi connectivity index (χ3n) is 4.24. The van der Waals surface area contributed by atoms with Gasteiger partial charge in [-0.05, 0) is 18.4 Å². The number of amides is 1. The van der Waals surface area contributed by atoms with E-state index in [1.807, 2.05) is 30.5 Å². The van der Waals surface area contributed by atoms with Crippen LogP contribution in [0.25, 0.3) is 0 Å². The lowest BCUT2D eigenvalue weighted by molar-refractivity contribution is 0.0138. The van der Waals surface area contributed by atoms with E-state index in [9.17, 15) is 4.79 Å². The first-order valence-corrected chi connectivity index (χ1v) is 8.38. The Hall–Kier alpha value is -1.04. The standard InChI is InChI=1S/C15H21N3OS/c1-20-14-5-3-2-4-13(14)15(19)16-10-12-11-17-6-8-18(12)9-7-17/h2-5,12H,6-11H2,1H3,(H,16,19). The van der Waals surface area contributed by atoms with Crippen molar-refractivity contribution in [1.29, 1.82) is 0 Å². The smallest absolute Gasteiger partial charge is 0.252 e. The van der Waals surface area contributed by atoms with Gasteiger partial charge < -0.3 is 5.32 Å². The van der Waals surface area contributed by atoms with E-state index in [0.29, 0.717) is 6.04 Å². The number of rotatable bonds is 4. The molecule has 20 heavy (non-hydrogen) atoms. The molecule has 1 amide bonds. The van der Waals surface area contributed by atoms with Gasteiger partial charge >= 0.3 is 0 Å². The molecule has 108 valence electrons. The fourth-order valence-electron chi connectivity index (χ4n) is 3.06. The number of piperazine rings is 3. The highest BCUT2D eigenvalue weighted by Crippen LogP contribution is 2.20. The third-order valence-corrected chi connectivity index (χ3v) is 5.04. The zero-order chi connectivity index (χ0) is 13.9. The number of benzene rings is 1. The number of thioether (sulfide) groups is 1. The average molecular weight is 291 g/mol. The van der Waals surface area contributed by atoms with Gasteiger partial charge in [0.25, 0.3) is 5.91 Å². The molecule has 0 spiro atoms. The van der Waals surface area contributed by atoms with Crippen molar-refractivity contribution < 1.29 is 4.79 Å². The summed E-state index contributed by atoms with van der Waals surface area (Å²) in [4.78, 5) is 18.4. The van der Waals surface area contributed by atoms with E-state index in [4.69, 9.17) is 0 Å². The molecule has 4 nitrogen and oxygen atoms in total. The molecule has 1 unspecified atom stereocenters. The first-order chi connectivity index (χ1) is 9.78. The molecule has 0 aromatic heterocycles. The van der Waals surface area contributed by atoms with Gasteiger partial charge in [0.1, 0.15) is 0 Å². The van der Waals surface area contributed by atoms with Crippen molar-refractivity contribution >= 4 is 17.7 Å². The van der Waals surface area contributed by atoms with Crippen LogP contribution in [0.3, 0.4) is 0 Å². The molecule has 4 rings (SSSR count). The van der Waals surface area contributed by atoms with Crippen LogP contribution >= 0.6 is 11.8 Å². The van der Waals surface area contributed by atoms with Crippen molar-refractivity contribution in [2.24, 2.45) is 0 Å². The molecule has 1 N–H and O–H groups in total. The fourth-order valence-corrected chi connectivity index (χ4v) is 3.65. The molecule has 3 fully saturated rings. The topological polar surface area (TPSA) is 35.6 Å². The Morgan fingerprint density at radius 2 is 2.05 bits per heavy atom. The van der Waals surface area contributed by atoms with Gasteiger partial charge in [-0.25, -0.2) is 0 Å². The summed E-state index contributed by atoms with van der Waals surface area (Å²) in [6.45, 7) is 6.48.